The molecule has 17 heteroatoms. The lowest BCUT2D eigenvalue weighted by Gasteiger charge is -2.20. The Morgan fingerprint density at radius 1 is 1.18 bits per heavy atom. The van der Waals surface area contributed by atoms with Gasteiger partial charge in [0.05, 0.1) is 27.9 Å². The van der Waals surface area contributed by atoms with Crippen LogP contribution in [0.25, 0.3) is 5.82 Å². The normalized spacial score (nSPS) is 12.4. The molecule has 0 aliphatic heterocycles. The minimum atomic E-state index is -5.75. The summed E-state index contributed by atoms with van der Waals surface area (Å²) in [5, 5.41) is 17.4. The van der Waals surface area contributed by atoms with Crippen LogP contribution in [0.15, 0.2) is 36.5 Å². The number of aryl methyl sites for hydroxylation is 1. The molecule has 0 bridgehead atoms. The summed E-state index contributed by atoms with van der Waals surface area (Å²) in [6.45, 7) is 1.47. The molecule has 0 saturated carbocycles. The number of amides is 2. The molecular formula is C22H15ClF6N6O4. The van der Waals surface area contributed by atoms with Crippen molar-refractivity contribution in [3.63, 3.8) is 0 Å². The molecule has 0 aliphatic rings. The van der Waals surface area contributed by atoms with Crippen LogP contribution in [-0.2, 0) is 4.74 Å². The van der Waals surface area contributed by atoms with Crippen molar-refractivity contribution in [2.75, 3.05) is 12.4 Å². The van der Waals surface area contributed by atoms with Crippen LogP contribution >= 0.6 is 11.6 Å². The van der Waals surface area contributed by atoms with Gasteiger partial charge in [-0.2, -0.15) is 14.0 Å². The largest absolute Gasteiger partial charge is 0.525 e. The zero-order chi connectivity index (χ0) is 29.1. The van der Waals surface area contributed by atoms with E-state index in [0.717, 1.165) is 0 Å². The summed E-state index contributed by atoms with van der Waals surface area (Å²) in [5.74, 6) is -3.30. The maximum atomic E-state index is 14.0. The zero-order valence-electron chi connectivity index (χ0n) is 19.6. The second-order valence-electron chi connectivity index (χ2n) is 7.49. The number of ether oxygens (including phenoxy) is 2. The molecule has 0 fully saturated rings. The van der Waals surface area contributed by atoms with E-state index in [0.29, 0.717) is 10.7 Å². The summed E-state index contributed by atoms with van der Waals surface area (Å²) in [6, 6.07) is 7.63. The van der Waals surface area contributed by atoms with Gasteiger partial charge < -0.3 is 15.4 Å². The Hall–Kier alpha value is -4.36. The summed E-state index contributed by atoms with van der Waals surface area (Å²) in [6.07, 6.45) is -14.0. The van der Waals surface area contributed by atoms with Gasteiger partial charge >= 0.3 is 18.8 Å². The predicted octanol–water partition coefficient (Wildman–Crippen LogP) is 4.52. The van der Waals surface area contributed by atoms with E-state index >= 15 is 0 Å². The lowest BCUT2D eigenvalue weighted by atomic mass is 10.0. The van der Waals surface area contributed by atoms with Crippen molar-refractivity contribution < 1.29 is 45.4 Å². The van der Waals surface area contributed by atoms with E-state index in [9.17, 15) is 41.2 Å². The maximum absolute atomic E-state index is 14.0. The Morgan fingerprint density at radius 2 is 1.87 bits per heavy atom. The van der Waals surface area contributed by atoms with Crippen molar-refractivity contribution in [1.29, 1.82) is 5.26 Å². The number of hydrogen-bond donors (Lipinski definition) is 2. The second kappa shape index (κ2) is 11.2. The molecule has 1 atom stereocenters. The molecule has 0 saturated heterocycles. The highest BCUT2D eigenvalue weighted by Gasteiger charge is 2.51. The molecule has 3 aromatic rings. The number of carbonyl (C=O) groups is 2. The van der Waals surface area contributed by atoms with Gasteiger partial charge in [0.1, 0.15) is 5.69 Å². The smallest absolute Gasteiger partial charge is 0.409 e. The molecule has 2 heterocycles. The van der Waals surface area contributed by atoms with Crippen molar-refractivity contribution in [3.8, 4) is 17.8 Å². The van der Waals surface area contributed by atoms with Gasteiger partial charge in [-0.05, 0) is 36.8 Å². The van der Waals surface area contributed by atoms with E-state index in [2.05, 4.69) is 30.2 Å². The number of rotatable bonds is 8. The SMILES string of the molecule is CNC(=O)c1cc(C#N)cc(C)c1NC(=O)c1cc(OC(F)(F)C(F)OC(F)(F)F)nn1-c1ncccc1Cl. The van der Waals surface area contributed by atoms with E-state index in [-0.39, 0.29) is 33.2 Å². The first-order valence-electron chi connectivity index (χ1n) is 10.4. The van der Waals surface area contributed by atoms with Crippen molar-refractivity contribution in [3.05, 3.63) is 63.9 Å². The van der Waals surface area contributed by atoms with Crippen LogP contribution in [0.2, 0.25) is 5.02 Å². The monoisotopic (exact) mass is 576 g/mol. The average Bonchev–Trinajstić information content (AvgIpc) is 3.26. The van der Waals surface area contributed by atoms with Crippen molar-refractivity contribution >= 4 is 29.1 Å². The number of hydrogen-bond acceptors (Lipinski definition) is 7. The number of nitriles is 1. The first kappa shape index (κ1) is 29.2. The minimum absolute atomic E-state index is 0.0755. The van der Waals surface area contributed by atoms with Crippen LogP contribution in [0, 0.1) is 18.3 Å². The minimum Gasteiger partial charge on any atom is -0.409 e. The third kappa shape index (κ3) is 6.75. The molecular weight excluding hydrogens is 562 g/mol. The number of halogens is 7. The Morgan fingerprint density at radius 3 is 2.46 bits per heavy atom. The number of carbonyl (C=O) groups excluding carboxylic acids is 2. The number of pyridine rings is 1. The fraction of sp³-hybridized carbons (Fsp3) is 0.227. The first-order chi connectivity index (χ1) is 18.2. The van der Waals surface area contributed by atoms with Gasteiger partial charge in [-0.25, -0.2) is 18.8 Å². The molecule has 1 aromatic carbocycles. The molecule has 2 aromatic heterocycles. The third-order valence-corrected chi connectivity index (χ3v) is 5.07. The molecule has 2 amide bonds. The number of anilines is 1. The van der Waals surface area contributed by atoms with Crippen LogP contribution in [0.5, 0.6) is 5.88 Å². The van der Waals surface area contributed by atoms with Gasteiger partial charge in [-0.1, -0.05) is 11.6 Å². The molecule has 0 aliphatic carbocycles. The molecule has 10 nitrogen and oxygen atoms in total. The molecule has 1 unspecified atom stereocenters. The van der Waals surface area contributed by atoms with Crippen molar-refractivity contribution in [1.82, 2.24) is 20.1 Å². The van der Waals surface area contributed by atoms with E-state index in [1.54, 1.807) is 0 Å². The van der Waals surface area contributed by atoms with Crippen LogP contribution in [0.3, 0.4) is 0 Å². The lowest BCUT2D eigenvalue weighted by Crippen LogP contribution is -2.41. The fourth-order valence-electron chi connectivity index (χ4n) is 3.15. The van der Waals surface area contributed by atoms with Gasteiger partial charge in [0, 0.05) is 19.3 Å². The highest BCUT2D eigenvalue weighted by Crippen LogP contribution is 2.33. The zero-order valence-corrected chi connectivity index (χ0v) is 20.4. The molecule has 0 spiro atoms. The molecule has 39 heavy (non-hydrogen) atoms. The van der Waals surface area contributed by atoms with Crippen molar-refractivity contribution in [2.24, 2.45) is 0 Å². The van der Waals surface area contributed by atoms with Crippen LogP contribution in [-0.4, -0.2) is 52.5 Å². The summed E-state index contributed by atoms with van der Waals surface area (Å²) in [4.78, 5) is 29.5. The molecule has 3 rings (SSSR count). The molecule has 2 N–H and O–H groups in total. The highest BCUT2D eigenvalue weighted by molar-refractivity contribution is 6.32. The predicted molar refractivity (Wildman–Crippen MR) is 121 cm³/mol. The summed E-state index contributed by atoms with van der Waals surface area (Å²) >= 11 is 6.07. The quantitative estimate of drug-likeness (QED) is 0.377. The van der Waals surface area contributed by atoms with E-state index in [1.807, 2.05) is 6.07 Å². The maximum Gasteiger partial charge on any atom is 0.525 e. The highest BCUT2D eigenvalue weighted by atomic mass is 35.5. The number of nitrogens with zero attached hydrogens (tertiary/aromatic N) is 4. The lowest BCUT2D eigenvalue weighted by molar-refractivity contribution is -0.411. The van der Waals surface area contributed by atoms with Crippen LogP contribution in [0.4, 0.5) is 32.0 Å². The summed E-state index contributed by atoms with van der Waals surface area (Å²) < 4.78 is 85.6. The summed E-state index contributed by atoms with van der Waals surface area (Å²) in [7, 11) is 1.30. The van der Waals surface area contributed by atoms with Gasteiger partial charge in [-0.3, -0.25) is 9.59 Å². The van der Waals surface area contributed by atoms with Crippen molar-refractivity contribution in [2.45, 2.75) is 25.8 Å². The van der Waals surface area contributed by atoms with Crippen LogP contribution in [0.1, 0.15) is 32.0 Å². The van der Waals surface area contributed by atoms with Crippen LogP contribution < -0.4 is 15.4 Å². The topological polar surface area (TPSA) is 131 Å². The fourth-order valence-corrected chi connectivity index (χ4v) is 3.35. The number of nitrogens with one attached hydrogen (secondary N) is 2. The Bertz CT molecular complexity index is 1460. The molecule has 0 radical (unpaired) electrons. The summed E-state index contributed by atoms with van der Waals surface area (Å²) in [5.41, 5.74) is -0.463. The third-order valence-electron chi connectivity index (χ3n) is 4.78. The Balaban J connectivity index is 2.07. The van der Waals surface area contributed by atoms with Gasteiger partial charge in [0.25, 0.3) is 11.8 Å². The molecule has 206 valence electrons. The van der Waals surface area contributed by atoms with Gasteiger partial charge in [-0.15, -0.1) is 18.3 Å². The van der Waals surface area contributed by atoms with E-state index in [4.69, 9.17) is 11.6 Å². The standard InChI is InChI=1S/C22H15ClF6N6O4/c1-10-6-11(9-30)7-12(18(36)31-2)16(10)33-19(37)14-8-15(34-35(14)17-13(23)4-3-5-32-17)38-21(25,26)20(24)39-22(27,28)29/h3-8,20H,1-2H3,(H,31,36)(H,33,37). The van der Waals surface area contributed by atoms with Gasteiger partial charge in [0.2, 0.25) is 5.88 Å². The number of alkyl halides is 6. The first-order valence-corrected chi connectivity index (χ1v) is 10.8. The Kier molecular flexibility index (Phi) is 8.36. The van der Waals surface area contributed by atoms with E-state index < -0.39 is 42.2 Å². The van der Waals surface area contributed by atoms with Gasteiger partial charge in [0.15, 0.2) is 5.82 Å². The number of aromatic nitrogens is 3. The second-order valence-corrected chi connectivity index (χ2v) is 7.90. The Labute approximate surface area is 220 Å². The average molecular weight is 577 g/mol. The number of benzene rings is 1. The van der Waals surface area contributed by atoms with E-state index in [1.165, 1.54) is 44.4 Å².